The molecule has 0 bridgehead atoms. The number of hydrogen-bond donors (Lipinski definition) is 1. The van der Waals surface area contributed by atoms with Gasteiger partial charge in [-0.2, -0.15) is 13.2 Å². The van der Waals surface area contributed by atoms with Gasteiger partial charge < -0.3 is 0 Å². The molecule has 0 spiro atoms. The Bertz CT molecular complexity index is 1310. The molecular formula is C23H19F3N2O3S2. The van der Waals surface area contributed by atoms with Crippen LogP contribution in [0.2, 0.25) is 0 Å². The van der Waals surface area contributed by atoms with Crippen LogP contribution in [0.25, 0.3) is 0 Å². The van der Waals surface area contributed by atoms with Gasteiger partial charge in [0.05, 0.1) is 16.2 Å². The maximum Gasteiger partial charge on any atom is 0.416 e. The molecular weight excluding hydrogens is 473 g/mol. The standard InChI is InChI=1S/C23H19F3N2O3S2/c1-15-5-2-9-19(11-15)28-21(29)14-32-22(28)16-6-3-8-18(12-16)27-33(30,31)20-10-4-7-17(13-20)23(24,25)26/h2-13,22,27H,14H2,1H3. The summed E-state index contributed by atoms with van der Waals surface area (Å²) in [7, 11) is -4.26. The number of nitrogens with zero attached hydrogens (tertiary/aromatic N) is 1. The minimum atomic E-state index is -4.66. The molecule has 1 aliphatic heterocycles. The lowest BCUT2D eigenvalue weighted by Crippen LogP contribution is -2.27. The molecule has 10 heteroatoms. The van der Waals surface area contributed by atoms with E-state index in [9.17, 15) is 26.4 Å². The van der Waals surface area contributed by atoms with Crippen LogP contribution in [0, 0.1) is 6.92 Å². The highest BCUT2D eigenvalue weighted by atomic mass is 32.2. The molecule has 1 atom stereocenters. The Morgan fingerprint density at radius 2 is 1.73 bits per heavy atom. The van der Waals surface area contributed by atoms with E-state index in [4.69, 9.17) is 0 Å². The van der Waals surface area contributed by atoms with Gasteiger partial charge in [0.1, 0.15) is 5.37 Å². The van der Waals surface area contributed by atoms with Crippen molar-refractivity contribution in [2.45, 2.75) is 23.4 Å². The van der Waals surface area contributed by atoms with Gasteiger partial charge >= 0.3 is 6.18 Å². The molecule has 0 radical (unpaired) electrons. The second kappa shape index (κ2) is 8.75. The first-order chi connectivity index (χ1) is 15.5. The van der Waals surface area contributed by atoms with Crippen LogP contribution in [0.15, 0.2) is 77.7 Å². The van der Waals surface area contributed by atoms with Crippen molar-refractivity contribution in [3.63, 3.8) is 0 Å². The van der Waals surface area contributed by atoms with Gasteiger partial charge in [0.25, 0.3) is 10.0 Å². The molecule has 5 nitrogen and oxygen atoms in total. The quantitative estimate of drug-likeness (QED) is 0.504. The second-order valence-corrected chi connectivity index (χ2v) is 10.3. The van der Waals surface area contributed by atoms with Crippen LogP contribution < -0.4 is 9.62 Å². The first-order valence-electron chi connectivity index (χ1n) is 9.85. The van der Waals surface area contributed by atoms with E-state index in [0.717, 1.165) is 29.4 Å². The van der Waals surface area contributed by atoms with Crippen molar-refractivity contribution in [2.75, 3.05) is 15.4 Å². The number of sulfonamides is 1. The van der Waals surface area contributed by atoms with E-state index in [1.54, 1.807) is 23.1 Å². The fraction of sp³-hybridized carbons (Fsp3) is 0.174. The maximum atomic E-state index is 13.0. The Morgan fingerprint density at radius 1 is 1.00 bits per heavy atom. The number of thioether (sulfide) groups is 1. The Morgan fingerprint density at radius 3 is 2.45 bits per heavy atom. The fourth-order valence-electron chi connectivity index (χ4n) is 3.54. The largest absolute Gasteiger partial charge is 0.416 e. The molecule has 0 aliphatic carbocycles. The summed E-state index contributed by atoms with van der Waals surface area (Å²) in [5, 5.41) is -0.364. The topological polar surface area (TPSA) is 66.5 Å². The second-order valence-electron chi connectivity index (χ2n) is 7.52. The highest BCUT2D eigenvalue weighted by Crippen LogP contribution is 2.42. The van der Waals surface area contributed by atoms with E-state index >= 15 is 0 Å². The van der Waals surface area contributed by atoms with E-state index < -0.39 is 26.7 Å². The Kier molecular flexibility index (Phi) is 6.15. The minimum absolute atomic E-state index is 0.0643. The third-order valence-electron chi connectivity index (χ3n) is 5.04. The van der Waals surface area contributed by atoms with Gasteiger partial charge in [-0.25, -0.2) is 8.42 Å². The molecule has 172 valence electrons. The molecule has 1 N–H and O–H groups in total. The fourth-order valence-corrected chi connectivity index (χ4v) is 5.80. The first kappa shape index (κ1) is 23.2. The van der Waals surface area contributed by atoms with Crippen LogP contribution in [-0.2, 0) is 21.0 Å². The Hall–Kier alpha value is -2.98. The average Bonchev–Trinajstić information content (AvgIpc) is 3.14. The van der Waals surface area contributed by atoms with Crippen LogP contribution in [-0.4, -0.2) is 20.1 Å². The van der Waals surface area contributed by atoms with Gasteiger partial charge in [0.15, 0.2) is 0 Å². The van der Waals surface area contributed by atoms with E-state index in [2.05, 4.69) is 4.72 Å². The van der Waals surface area contributed by atoms with Gasteiger partial charge in [-0.3, -0.25) is 14.4 Å². The van der Waals surface area contributed by atoms with Crippen molar-refractivity contribution in [1.82, 2.24) is 0 Å². The summed E-state index contributed by atoms with van der Waals surface area (Å²) >= 11 is 1.41. The highest BCUT2D eigenvalue weighted by Gasteiger charge is 2.34. The van der Waals surface area contributed by atoms with Crippen LogP contribution in [0.3, 0.4) is 0 Å². The van der Waals surface area contributed by atoms with Gasteiger partial charge in [-0.05, 0) is 60.5 Å². The van der Waals surface area contributed by atoms with Crippen molar-refractivity contribution in [1.29, 1.82) is 0 Å². The van der Waals surface area contributed by atoms with Gasteiger partial charge in [0.2, 0.25) is 5.91 Å². The smallest absolute Gasteiger partial charge is 0.295 e. The van der Waals surface area contributed by atoms with Gasteiger partial charge in [-0.15, -0.1) is 11.8 Å². The first-order valence-corrected chi connectivity index (χ1v) is 12.4. The van der Waals surface area contributed by atoms with Crippen LogP contribution in [0.4, 0.5) is 24.5 Å². The Balaban J connectivity index is 1.62. The molecule has 33 heavy (non-hydrogen) atoms. The van der Waals surface area contributed by atoms with Crippen molar-refractivity contribution in [3.05, 3.63) is 89.5 Å². The average molecular weight is 493 g/mol. The van der Waals surface area contributed by atoms with Gasteiger partial charge in [-0.1, -0.05) is 30.3 Å². The molecule has 3 aromatic carbocycles. The minimum Gasteiger partial charge on any atom is -0.295 e. The summed E-state index contributed by atoms with van der Waals surface area (Å²) in [6.07, 6.45) is -4.66. The predicted octanol–water partition coefficient (Wildman–Crippen LogP) is 5.59. The number of carbonyl (C=O) groups is 1. The monoisotopic (exact) mass is 492 g/mol. The molecule has 1 aliphatic rings. The number of carbonyl (C=O) groups excluding carboxylic acids is 1. The molecule has 3 aromatic rings. The number of nitrogens with one attached hydrogen (secondary N) is 1. The summed E-state index contributed by atoms with van der Waals surface area (Å²) in [4.78, 5) is 13.8. The SMILES string of the molecule is Cc1cccc(N2C(=O)CSC2c2cccc(NS(=O)(=O)c3cccc(C(F)(F)F)c3)c2)c1. The van der Waals surface area contributed by atoms with E-state index in [0.29, 0.717) is 11.6 Å². The van der Waals surface area contributed by atoms with Crippen molar-refractivity contribution < 1.29 is 26.4 Å². The zero-order valence-corrected chi connectivity index (χ0v) is 19.0. The number of halogens is 3. The molecule has 0 aromatic heterocycles. The molecule has 4 rings (SSSR count). The number of alkyl halides is 3. The van der Waals surface area contributed by atoms with Gasteiger partial charge in [0, 0.05) is 11.4 Å². The lowest BCUT2D eigenvalue weighted by molar-refractivity contribution is -0.137. The van der Waals surface area contributed by atoms with E-state index in [-0.39, 0.29) is 22.7 Å². The number of aryl methyl sites for hydroxylation is 1. The van der Waals surface area contributed by atoms with Crippen molar-refractivity contribution >= 4 is 39.1 Å². The van der Waals surface area contributed by atoms with Crippen molar-refractivity contribution in [2.24, 2.45) is 0 Å². The summed E-state index contributed by atoms with van der Waals surface area (Å²) in [6.45, 7) is 1.93. The summed E-state index contributed by atoms with van der Waals surface area (Å²) in [5.74, 6) is 0.212. The molecule has 1 unspecified atom stereocenters. The number of benzene rings is 3. The molecule has 1 amide bonds. The summed E-state index contributed by atoms with van der Waals surface area (Å²) in [5.41, 5.74) is 1.57. The zero-order chi connectivity index (χ0) is 23.8. The zero-order valence-electron chi connectivity index (χ0n) is 17.3. The summed E-state index contributed by atoms with van der Waals surface area (Å²) in [6, 6.07) is 17.6. The lowest BCUT2D eigenvalue weighted by Gasteiger charge is -2.25. The molecule has 1 fully saturated rings. The van der Waals surface area contributed by atoms with E-state index in [1.165, 1.54) is 17.8 Å². The van der Waals surface area contributed by atoms with Crippen LogP contribution in [0.1, 0.15) is 22.1 Å². The van der Waals surface area contributed by atoms with Crippen molar-refractivity contribution in [3.8, 4) is 0 Å². The number of anilines is 2. The number of rotatable bonds is 5. The van der Waals surface area contributed by atoms with E-state index in [1.807, 2.05) is 31.2 Å². The Labute approximate surface area is 193 Å². The molecule has 1 heterocycles. The third kappa shape index (κ3) is 5.01. The number of amides is 1. The van der Waals surface area contributed by atoms with Crippen LogP contribution >= 0.6 is 11.8 Å². The predicted molar refractivity (Wildman–Crippen MR) is 123 cm³/mol. The maximum absolute atomic E-state index is 13.0. The molecule has 1 saturated heterocycles. The number of hydrogen-bond acceptors (Lipinski definition) is 4. The lowest BCUT2D eigenvalue weighted by atomic mass is 10.1. The summed E-state index contributed by atoms with van der Waals surface area (Å²) < 4.78 is 66.8. The van der Waals surface area contributed by atoms with Crippen LogP contribution in [0.5, 0.6) is 0 Å². The normalized spacial score (nSPS) is 16.8. The highest BCUT2D eigenvalue weighted by molar-refractivity contribution is 8.00. The third-order valence-corrected chi connectivity index (χ3v) is 7.63. The molecule has 0 saturated carbocycles.